The Balaban J connectivity index is 1.47. The lowest BCUT2D eigenvalue weighted by molar-refractivity contribution is 0.148. The van der Waals surface area contributed by atoms with Crippen LogP contribution in [0.25, 0.3) is 28.3 Å². The number of likely N-dealkylation sites (N-methyl/N-ethyl adjacent to an activating group) is 1. The van der Waals surface area contributed by atoms with Crippen molar-refractivity contribution >= 4 is 11.3 Å². The van der Waals surface area contributed by atoms with Crippen LogP contribution in [0.15, 0.2) is 70.1 Å². The van der Waals surface area contributed by atoms with E-state index >= 15 is 0 Å². The third-order valence-electron chi connectivity index (χ3n) is 5.56. The van der Waals surface area contributed by atoms with Gasteiger partial charge in [-0.1, -0.05) is 12.1 Å². The lowest BCUT2D eigenvalue weighted by Gasteiger charge is -2.32. The fourth-order valence-electron chi connectivity index (χ4n) is 3.84. The van der Waals surface area contributed by atoms with Gasteiger partial charge in [0.1, 0.15) is 5.69 Å². The normalized spacial score (nSPS) is 15.8. The van der Waals surface area contributed by atoms with Gasteiger partial charge in [0.25, 0.3) is 0 Å². The molecule has 0 unspecified atom stereocenters. The first-order valence-electron chi connectivity index (χ1n) is 9.92. The van der Waals surface area contributed by atoms with Crippen LogP contribution in [0, 0.1) is 0 Å². The predicted molar refractivity (Wildman–Crippen MR) is 117 cm³/mol. The predicted octanol–water partition coefficient (Wildman–Crippen LogP) is 4.61. The molecule has 4 aromatic rings. The molecule has 0 saturated carbocycles. The van der Waals surface area contributed by atoms with E-state index in [1.807, 2.05) is 23.0 Å². The Bertz CT molecular complexity index is 1040. The number of furan rings is 1. The standard InChI is InChI=1S/C23H24N4OS/c1-25-9-11-26(12-10-25)16-20-15-24-27(23(20)22-3-2-13-28-22)21-6-4-18(5-7-21)19-8-14-29-17-19/h2-8,13-15,17H,9-12,16H2,1H3. The molecule has 3 aromatic heterocycles. The largest absolute Gasteiger partial charge is 0.463 e. The van der Waals surface area contributed by atoms with Gasteiger partial charge in [-0.2, -0.15) is 16.4 Å². The smallest absolute Gasteiger partial charge is 0.152 e. The zero-order valence-corrected chi connectivity index (χ0v) is 17.3. The molecule has 6 heteroatoms. The summed E-state index contributed by atoms with van der Waals surface area (Å²) < 4.78 is 7.78. The summed E-state index contributed by atoms with van der Waals surface area (Å²) in [6.07, 6.45) is 3.72. The first-order valence-corrected chi connectivity index (χ1v) is 10.9. The second-order valence-electron chi connectivity index (χ2n) is 7.55. The maximum atomic E-state index is 5.78. The number of hydrogen-bond donors (Lipinski definition) is 0. The van der Waals surface area contributed by atoms with Crippen LogP contribution < -0.4 is 0 Å². The highest BCUT2D eigenvalue weighted by atomic mass is 32.1. The molecule has 0 radical (unpaired) electrons. The second-order valence-corrected chi connectivity index (χ2v) is 8.33. The van der Waals surface area contributed by atoms with Crippen LogP contribution in [0.5, 0.6) is 0 Å². The van der Waals surface area contributed by atoms with Gasteiger partial charge in [0.2, 0.25) is 0 Å². The molecule has 1 aliphatic heterocycles. The molecule has 5 nitrogen and oxygen atoms in total. The van der Waals surface area contributed by atoms with Crippen molar-refractivity contribution in [3.63, 3.8) is 0 Å². The van der Waals surface area contributed by atoms with E-state index in [1.165, 1.54) is 16.7 Å². The van der Waals surface area contributed by atoms with E-state index in [9.17, 15) is 0 Å². The maximum Gasteiger partial charge on any atom is 0.152 e. The summed E-state index contributed by atoms with van der Waals surface area (Å²) in [5.74, 6) is 0.855. The molecule has 1 fully saturated rings. The Morgan fingerprint density at radius 1 is 1.00 bits per heavy atom. The Kier molecular flexibility index (Phi) is 5.06. The molecule has 5 rings (SSSR count). The molecule has 0 aliphatic carbocycles. The number of benzene rings is 1. The van der Waals surface area contributed by atoms with Crippen LogP contribution in [-0.4, -0.2) is 52.8 Å². The Hall–Kier alpha value is -2.67. The van der Waals surface area contributed by atoms with E-state index in [-0.39, 0.29) is 0 Å². The molecular weight excluding hydrogens is 380 g/mol. The lowest BCUT2D eigenvalue weighted by atomic mass is 10.1. The van der Waals surface area contributed by atoms with E-state index in [0.717, 1.165) is 49.9 Å². The van der Waals surface area contributed by atoms with Crippen LogP contribution in [-0.2, 0) is 6.54 Å². The summed E-state index contributed by atoms with van der Waals surface area (Å²) >= 11 is 1.72. The fourth-order valence-corrected chi connectivity index (χ4v) is 4.51. The average Bonchev–Trinajstić information content (AvgIpc) is 3.51. The van der Waals surface area contributed by atoms with Crippen molar-refractivity contribution in [3.05, 3.63) is 71.2 Å². The van der Waals surface area contributed by atoms with Crippen LogP contribution in [0.3, 0.4) is 0 Å². The SMILES string of the molecule is CN1CCN(Cc2cnn(-c3ccc(-c4ccsc4)cc3)c2-c2ccco2)CC1. The van der Waals surface area contributed by atoms with Crippen LogP contribution in [0.4, 0.5) is 0 Å². The monoisotopic (exact) mass is 404 g/mol. The molecule has 0 atom stereocenters. The van der Waals surface area contributed by atoms with E-state index in [0.29, 0.717) is 0 Å². The van der Waals surface area contributed by atoms with Gasteiger partial charge in [-0.25, -0.2) is 4.68 Å². The quantitative estimate of drug-likeness (QED) is 0.487. The molecule has 0 amide bonds. The highest BCUT2D eigenvalue weighted by molar-refractivity contribution is 7.08. The van der Waals surface area contributed by atoms with Crippen molar-refractivity contribution in [2.24, 2.45) is 0 Å². The third-order valence-corrected chi connectivity index (χ3v) is 6.24. The van der Waals surface area contributed by atoms with E-state index in [4.69, 9.17) is 9.52 Å². The van der Waals surface area contributed by atoms with E-state index < -0.39 is 0 Å². The number of nitrogens with zero attached hydrogens (tertiary/aromatic N) is 4. The zero-order chi connectivity index (χ0) is 19.6. The summed E-state index contributed by atoms with van der Waals surface area (Å²) in [5.41, 5.74) is 5.76. The summed E-state index contributed by atoms with van der Waals surface area (Å²) in [6, 6.07) is 14.7. The molecule has 29 heavy (non-hydrogen) atoms. The molecule has 0 N–H and O–H groups in total. The molecule has 0 spiro atoms. The molecule has 148 valence electrons. The molecule has 4 heterocycles. The first kappa shape index (κ1) is 18.4. The number of piperazine rings is 1. The molecule has 1 aromatic carbocycles. The molecule has 1 aliphatic rings. The van der Waals surface area contributed by atoms with Crippen LogP contribution >= 0.6 is 11.3 Å². The van der Waals surface area contributed by atoms with Gasteiger partial charge >= 0.3 is 0 Å². The van der Waals surface area contributed by atoms with Crippen molar-refractivity contribution in [1.29, 1.82) is 0 Å². The minimum atomic E-state index is 0.855. The van der Waals surface area contributed by atoms with Crippen molar-refractivity contribution in [2.75, 3.05) is 33.2 Å². The highest BCUT2D eigenvalue weighted by Gasteiger charge is 2.21. The van der Waals surface area contributed by atoms with Gasteiger partial charge in [-0.15, -0.1) is 0 Å². The van der Waals surface area contributed by atoms with Crippen molar-refractivity contribution < 1.29 is 4.42 Å². The van der Waals surface area contributed by atoms with E-state index in [2.05, 4.69) is 57.9 Å². The lowest BCUT2D eigenvalue weighted by Crippen LogP contribution is -2.43. The summed E-state index contributed by atoms with van der Waals surface area (Å²) in [6.45, 7) is 5.25. The van der Waals surface area contributed by atoms with Gasteiger partial charge in [0.15, 0.2) is 5.76 Å². The fraction of sp³-hybridized carbons (Fsp3) is 0.261. The van der Waals surface area contributed by atoms with Crippen molar-refractivity contribution in [1.82, 2.24) is 19.6 Å². The number of hydrogen-bond acceptors (Lipinski definition) is 5. The summed E-state index contributed by atoms with van der Waals surface area (Å²) in [5, 5.41) is 9.02. The minimum Gasteiger partial charge on any atom is -0.463 e. The van der Waals surface area contributed by atoms with E-state index in [1.54, 1.807) is 17.6 Å². The Morgan fingerprint density at radius 3 is 2.52 bits per heavy atom. The zero-order valence-electron chi connectivity index (χ0n) is 16.5. The summed E-state index contributed by atoms with van der Waals surface area (Å²) in [4.78, 5) is 4.87. The van der Waals surface area contributed by atoms with Gasteiger partial charge < -0.3 is 9.32 Å². The van der Waals surface area contributed by atoms with Gasteiger partial charge in [0, 0.05) is 38.3 Å². The van der Waals surface area contributed by atoms with Crippen LogP contribution in [0.2, 0.25) is 0 Å². The number of thiophene rings is 1. The van der Waals surface area contributed by atoms with Gasteiger partial charge in [0.05, 0.1) is 18.1 Å². The molecular formula is C23H24N4OS. The Morgan fingerprint density at radius 2 is 1.83 bits per heavy atom. The number of aromatic nitrogens is 2. The van der Waals surface area contributed by atoms with Crippen molar-refractivity contribution in [3.8, 4) is 28.3 Å². The molecule has 0 bridgehead atoms. The van der Waals surface area contributed by atoms with Gasteiger partial charge in [-0.3, -0.25) is 4.90 Å². The second kappa shape index (κ2) is 7.99. The summed E-state index contributed by atoms with van der Waals surface area (Å²) in [7, 11) is 2.18. The topological polar surface area (TPSA) is 37.4 Å². The minimum absolute atomic E-state index is 0.855. The Labute approximate surface area is 174 Å². The number of rotatable bonds is 5. The van der Waals surface area contributed by atoms with Gasteiger partial charge in [-0.05, 0) is 59.3 Å². The highest BCUT2D eigenvalue weighted by Crippen LogP contribution is 2.30. The maximum absolute atomic E-state index is 5.78. The van der Waals surface area contributed by atoms with Crippen LogP contribution in [0.1, 0.15) is 5.56 Å². The molecule has 1 saturated heterocycles. The average molecular weight is 405 g/mol. The van der Waals surface area contributed by atoms with Crippen molar-refractivity contribution in [2.45, 2.75) is 6.54 Å². The first-order chi connectivity index (χ1) is 14.3. The third kappa shape index (κ3) is 3.79.